The Morgan fingerprint density at radius 1 is 1.03 bits per heavy atom. The average Bonchev–Trinajstić information content (AvgIpc) is 2.92. The predicted octanol–water partition coefficient (Wildman–Crippen LogP) is 4.41. The monoisotopic (exact) mass is 557 g/mol. The molecule has 0 fully saturated rings. The smallest absolute Gasteiger partial charge is 0.264 e. The number of hydrogen-bond acceptors (Lipinski definition) is 5. The molecule has 0 heterocycles. The summed E-state index contributed by atoms with van der Waals surface area (Å²) in [5.74, 6) is -0.273. The van der Waals surface area contributed by atoms with Gasteiger partial charge in [-0.2, -0.15) is 0 Å². The SMILES string of the molecule is CC[C@H](C(=O)NC)N(Cc1cccc(OC)c1)C(=O)CN(c1ccc(Cl)cc1)S(=O)(=O)c1ccc(C)cc1. The number of ether oxygens (including phenoxy) is 1. The Kier molecular flexibility index (Phi) is 9.77. The fraction of sp³-hybridized carbons (Fsp3) is 0.286. The number of methoxy groups -OCH3 is 1. The third kappa shape index (κ3) is 6.85. The zero-order chi connectivity index (χ0) is 27.9. The summed E-state index contributed by atoms with van der Waals surface area (Å²) >= 11 is 6.05. The lowest BCUT2D eigenvalue weighted by atomic mass is 10.1. The molecule has 3 rings (SSSR count). The Labute approximate surface area is 229 Å². The van der Waals surface area contributed by atoms with Gasteiger partial charge in [0.2, 0.25) is 11.8 Å². The number of hydrogen-bond donors (Lipinski definition) is 1. The second kappa shape index (κ2) is 12.8. The molecule has 0 spiro atoms. The van der Waals surface area contributed by atoms with Crippen LogP contribution in [0.1, 0.15) is 24.5 Å². The van der Waals surface area contributed by atoms with Crippen LogP contribution in [0.5, 0.6) is 5.75 Å². The van der Waals surface area contributed by atoms with Crippen LogP contribution in [0.2, 0.25) is 5.02 Å². The minimum Gasteiger partial charge on any atom is -0.497 e. The molecular weight excluding hydrogens is 526 g/mol. The number of sulfonamides is 1. The number of likely N-dealkylation sites (N-methyl/N-ethyl adjacent to an activating group) is 1. The molecule has 2 amide bonds. The van der Waals surface area contributed by atoms with Crippen LogP contribution < -0.4 is 14.4 Å². The highest BCUT2D eigenvalue weighted by atomic mass is 35.5. The molecule has 0 radical (unpaired) electrons. The van der Waals surface area contributed by atoms with E-state index >= 15 is 0 Å². The first-order valence-corrected chi connectivity index (χ1v) is 13.9. The molecule has 0 saturated heterocycles. The summed E-state index contributed by atoms with van der Waals surface area (Å²) in [7, 11) is -1.09. The average molecular weight is 558 g/mol. The van der Waals surface area contributed by atoms with Gasteiger partial charge in [-0.1, -0.05) is 48.4 Å². The molecule has 202 valence electrons. The number of amides is 2. The number of halogens is 1. The number of benzene rings is 3. The standard InChI is InChI=1S/C28H32ClN3O5S/c1-5-26(28(34)30-3)31(18-21-7-6-8-24(17-21)37-4)27(33)19-32(23-13-11-22(29)12-14-23)38(35,36)25-15-9-20(2)10-16-25/h6-17,26H,5,18-19H2,1-4H3,(H,30,34)/t26-/m1/s1. The van der Waals surface area contributed by atoms with E-state index in [1.807, 2.05) is 13.0 Å². The highest BCUT2D eigenvalue weighted by Gasteiger charge is 2.33. The van der Waals surface area contributed by atoms with E-state index in [0.29, 0.717) is 17.2 Å². The molecule has 0 aliphatic rings. The van der Waals surface area contributed by atoms with Gasteiger partial charge >= 0.3 is 0 Å². The molecule has 3 aromatic carbocycles. The fourth-order valence-electron chi connectivity index (χ4n) is 4.03. The lowest BCUT2D eigenvalue weighted by Gasteiger charge is -2.33. The molecule has 8 nitrogen and oxygen atoms in total. The summed E-state index contributed by atoms with van der Waals surface area (Å²) < 4.78 is 33.9. The van der Waals surface area contributed by atoms with Crippen LogP contribution in [0.25, 0.3) is 0 Å². The van der Waals surface area contributed by atoms with Crippen molar-refractivity contribution in [2.45, 2.75) is 37.8 Å². The Hall–Kier alpha value is -3.56. The number of carbonyl (C=O) groups excluding carboxylic acids is 2. The van der Waals surface area contributed by atoms with Crippen molar-refractivity contribution in [3.8, 4) is 5.75 Å². The highest BCUT2D eigenvalue weighted by Crippen LogP contribution is 2.26. The third-order valence-corrected chi connectivity index (χ3v) is 8.16. The van der Waals surface area contributed by atoms with Crippen molar-refractivity contribution < 1.29 is 22.7 Å². The molecule has 0 bridgehead atoms. The zero-order valence-electron chi connectivity index (χ0n) is 21.8. The second-order valence-electron chi connectivity index (χ2n) is 8.71. The number of anilines is 1. The van der Waals surface area contributed by atoms with Crippen molar-refractivity contribution in [1.29, 1.82) is 0 Å². The third-order valence-electron chi connectivity index (χ3n) is 6.12. The van der Waals surface area contributed by atoms with Crippen molar-refractivity contribution in [1.82, 2.24) is 10.2 Å². The van der Waals surface area contributed by atoms with E-state index in [1.54, 1.807) is 68.6 Å². The first-order valence-electron chi connectivity index (χ1n) is 12.1. The summed E-state index contributed by atoms with van der Waals surface area (Å²) in [5.41, 5.74) is 1.91. The molecule has 1 atom stereocenters. The number of aryl methyl sites for hydroxylation is 1. The van der Waals surface area contributed by atoms with Crippen LogP contribution in [-0.2, 0) is 26.2 Å². The predicted molar refractivity (Wildman–Crippen MR) is 149 cm³/mol. The first kappa shape index (κ1) is 29.0. The number of carbonyl (C=O) groups is 2. The van der Waals surface area contributed by atoms with E-state index in [4.69, 9.17) is 16.3 Å². The van der Waals surface area contributed by atoms with Crippen LogP contribution in [0, 0.1) is 6.92 Å². The summed E-state index contributed by atoms with van der Waals surface area (Å²) in [6.07, 6.45) is 0.334. The lowest BCUT2D eigenvalue weighted by molar-refractivity contribution is -0.140. The van der Waals surface area contributed by atoms with Crippen molar-refractivity contribution >= 4 is 39.1 Å². The van der Waals surface area contributed by atoms with Crippen molar-refractivity contribution in [3.63, 3.8) is 0 Å². The summed E-state index contributed by atoms with van der Waals surface area (Å²) in [6.45, 7) is 3.22. The van der Waals surface area contributed by atoms with E-state index in [0.717, 1.165) is 15.4 Å². The van der Waals surface area contributed by atoms with Gasteiger partial charge in [0.25, 0.3) is 10.0 Å². The van der Waals surface area contributed by atoms with Crippen LogP contribution in [0.15, 0.2) is 77.7 Å². The van der Waals surface area contributed by atoms with Gasteiger partial charge in [-0.05, 0) is 67.4 Å². The molecule has 3 aromatic rings. The van der Waals surface area contributed by atoms with Crippen LogP contribution in [0.4, 0.5) is 5.69 Å². The minimum absolute atomic E-state index is 0.0449. The maximum atomic E-state index is 13.9. The summed E-state index contributed by atoms with van der Waals surface area (Å²) in [4.78, 5) is 28.1. The number of nitrogens with one attached hydrogen (secondary N) is 1. The van der Waals surface area contributed by atoms with Gasteiger partial charge in [0.1, 0.15) is 18.3 Å². The van der Waals surface area contributed by atoms with Gasteiger partial charge in [-0.3, -0.25) is 13.9 Å². The summed E-state index contributed by atoms with van der Waals surface area (Å²) in [6, 6.07) is 19.0. The maximum absolute atomic E-state index is 13.9. The van der Waals surface area contributed by atoms with Gasteiger partial charge in [-0.15, -0.1) is 0 Å². The largest absolute Gasteiger partial charge is 0.497 e. The van der Waals surface area contributed by atoms with Gasteiger partial charge in [0.15, 0.2) is 0 Å². The fourth-order valence-corrected chi connectivity index (χ4v) is 5.57. The van der Waals surface area contributed by atoms with Gasteiger partial charge in [0, 0.05) is 18.6 Å². The Balaban J connectivity index is 2.05. The molecule has 1 N–H and O–H groups in total. The Morgan fingerprint density at radius 3 is 2.26 bits per heavy atom. The minimum atomic E-state index is -4.13. The molecular formula is C28H32ClN3O5S. The molecule has 38 heavy (non-hydrogen) atoms. The molecule has 0 aliphatic carbocycles. The highest BCUT2D eigenvalue weighted by molar-refractivity contribution is 7.92. The van der Waals surface area contributed by atoms with Crippen molar-refractivity contribution in [2.24, 2.45) is 0 Å². The maximum Gasteiger partial charge on any atom is 0.264 e. The van der Waals surface area contributed by atoms with E-state index in [9.17, 15) is 18.0 Å². The number of nitrogens with zero attached hydrogens (tertiary/aromatic N) is 2. The Bertz CT molecular complexity index is 1360. The molecule has 10 heteroatoms. The van der Waals surface area contributed by atoms with E-state index in [1.165, 1.54) is 24.1 Å². The van der Waals surface area contributed by atoms with E-state index in [2.05, 4.69) is 5.32 Å². The Morgan fingerprint density at radius 2 is 1.68 bits per heavy atom. The molecule has 0 aromatic heterocycles. The van der Waals surface area contributed by atoms with Crippen molar-refractivity contribution in [3.05, 3.63) is 88.9 Å². The molecule has 0 aliphatic heterocycles. The topological polar surface area (TPSA) is 96.0 Å². The molecule has 0 unspecified atom stereocenters. The molecule has 0 saturated carbocycles. The van der Waals surface area contributed by atoms with Gasteiger partial charge < -0.3 is 15.0 Å². The van der Waals surface area contributed by atoms with E-state index in [-0.39, 0.29) is 23.0 Å². The lowest BCUT2D eigenvalue weighted by Crippen LogP contribution is -2.51. The van der Waals surface area contributed by atoms with Gasteiger partial charge in [0.05, 0.1) is 17.7 Å². The van der Waals surface area contributed by atoms with Gasteiger partial charge in [-0.25, -0.2) is 8.42 Å². The van der Waals surface area contributed by atoms with Crippen LogP contribution in [0.3, 0.4) is 0 Å². The second-order valence-corrected chi connectivity index (χ2v) is 11.0. The van der Waals surface area contributed by atoms with Crippen molar-refractivity contribution in [2.75, 3.05) is 25.0 Å². The van der Waals surface area contributed by atoms with E-state index < -0.39 is 28.5 Å². The van der Waals surface area contributed by atoms with Crippen LogP contribution >= 0.6 is 11.6 Å². The number of rotatable bonds is 11. The first-order chi connectivity index (χ1) is 18.1. The van der Waals surface area contributed by atoms with Crippen LogP contribution in [-0.4, -0.2) is 51.9 Å². The zero-order valence-corrected chi connectivity index (χ0v) is 23.4. The quantitative estimate of drug-likeness (QED) is 0.377. The summed E-state index contributed by atoms with van der Waals surface area (Å²) in [5, 5.41) is 3.04. The normalized spacial score (nSPS) is 11.9.